The lowest BCUT2D eigenvalue weighted by Crippen LogP contribution is -2.46. The minimum atomic E-state index is 0.454. The summed E-state index contributed by atoms with van der Waals surface area (Å²) in [4.78, 5) is 8.44. The van der Waals surface area contributed by atoms with Crippen LogP contribution in [0.25, 0.3) is 0 Å². The molecule has 3 heterocycles. The van der Waals surface area contributed by atoms with Crippen LogP contribution >= 0.6 is 11.3 Å². The quantitative estimate of drug-likeness (QED) is 0.911. The average Bonchev–Trinajstić information content (AvgIpc) is 2.96. The number of aryl methyl sites for hydroxylation is 1. The second-order valence-corrected chi connectivity index (χ2v) is 6.63. The van der Waals surface area contributed by atoms with Gasteiger partial charge in [-0.2, -0.15) is 0 Å². The molecule has 1 aromatic rings. The zero-order chi connectivity index (χ0) is 12.5. The molecule has 3 rings (SSSR count). The van der Waals surface area contributed by atoms with Crippen LogP contribution in [0.2, 0.25) is 0 Å². The third kappa shape index (κ3) is 2.46. The molecule has 3 unspecified atom stereocenters. The fourth-order valence-corrected chi connectivity index (χ4v) is 4.35. The maximum atomic E-state index is 4.35. The first-order valence-electron chi connectivity index (χ1n) is 7.14. The Bertz CT molecular complexity index is 403. The molecule has 0 aromatic carbocycles. The zero-order valence-electron chi connectivity index (χ0n) is 11.4. The van der Waals surface area contributed by atoms with Gasteiger partial charge in [-0.1, -0.05) is 0 Å². The first kappa shape index (κ1) is 12.6. The van der Waals surface area contributed by atoms with Gasteiger partial charge in [-0.05, 0) is 52.6 Å². The average molecular weight is 265 g/mol. The fraction of sp³-hybridized carbons (Fsp3) is 0.786. The number of rotatable bonds is 3. The van der Waals surface area contributed by atoms with Gasteiger partial charge in [0.25, 0.3) is 0 Å². The fourth-order valence-electron chi connectivity index (χ4n) is 3.53. The Hall–Kier alpha value is -0.450. The Morgan fingerprint density at radius 2 is 2.33 bits per heavy atom. The smallest absolute Gasteiger partial charge is 0.0798 e. The van der Waals surface area contributed by atoms with Crippen LogP contribution in [-0.4, -0.2) is 35.1 Å². The number of fused-ring (bicyclic) bond motifs is 1. The molecule has 3 nitrogen and oxygen atoms in total. The Labute approximate surface area is 114 Å². The number of nitrogens with zero attached hydrogens (tertiary/aromatic N) is 2. The monoisotopic (exact) mass is 265 g/mol. The highest BCUT2D eigenvalue weighted by Gasteiger charge is 2.32. The molecule has 2 aliphatic heterocycles. The minimum Gasteiger partial charge on any atom is -0.307 e. The van der Waals surface area contributed by atoms with Crippen LogP contribution in [0.15, 0.2) is 5.51 Å². The van der Waals surface area contributed by atoms with E-state index in [2.05, 4.69) is 29.0 Å². The van der Waals surface area contributed by atoms with Crippen LogP contribution in [0.4, 0.5) is 0 Å². The molecule has 2 aliphatic rings. The highest BCUT2D eigenvalue weighted by Crippen LogP contribution is 2.29. The van der Waals surface area contributed by atoms with E-state index in [9.17, 15) is 0 Å². The summed E-state index contributed by atoms with van der Waals surface area (Å²) in [6.07, 6.45) is 5.45. The van der Waals surface area contributed by atoms with Crippen molar-refractivity contribution in [3.8, 4) is 0 Å². The van der Waals surface area contributed by atoms with E-state index in [-0.39, 0.29) is 0 Å². The standard InChI is InChI=1S/C14H23N3S/c1-10-14(18-9-15-10)11(2)16-12-5-7-17-6-3-4-13(17)8-12/h9,11-13,16H,3-8H2,1-2H3. The number of aromatic nitrogens is 1. The molecule has 1 aromatic heterocycles. The van der Waals surface area contributed by atoms with Crippen molar-refractivity contribution in [2.75, 3.05) is 13.1 Å². The summed E-state index contributed by atoms with van der Waals surface area (Å²) < 4.78 is 0. The summed E-state index contributed by atoms with van der Waals surface area (Å²) in [5, 5.41) is 3.82. The molecule has 0 spiro atoms. The summed E-state index contributed by atoms with van der Waals surface area (Å²) in [5.74, 6) is 0. The van der Waals surface area contributed by atoms with Crippen molar-refractivity contribution in [3.63, 3.8) is 0 Å². The van der Waals surface area contributed by atoms with Crippen LogP contribution in [0.5, 0.6) is 0 Å². The van der Waals surface area contributed by atoms with Crippen LogP contribution in [0.1, 0.15) is 49.2 Å². The minimum absolute atomic E-state index is 0.454. The molecule has 2 saturated heterocycles. The molecule has 18 heavy (non-hydrogen) atoms. The van der Waals surface area contributed by atoms with Gasteiger partial charge >= 0.3 is 0 Å². The topological polar surface area (TPSA) is 28.2 Å². The lowest BCUT2D eigenvalue weighted by Gasteiger charge is -2.36. The predicted octanol–water partition coefficient (Wildman–Crippen LogP) is 2.73. The van der Waals surface area contributed by atoms with Gasteiger partial charge in [0.2, 0.25) is 0 Å². The molecular formula is C14H23N3S. The number of hydrogen-bond donors (Lipinski definition) is 1. The van der Waals surface area contributed by atoms with Crippen molar-refractivity contribution in [2.45, 2.75) is 57.7 Å². The predicted molar refractivity (Wildman–Crippen MR) is 76.0 cm³/mol. The Balaban J connectivity index is 1.58. The van der Waals surface area contributed by atoms with E-state index < -0.39 is 0 Å². The van der Waals surface area contributed by atoms with E-state index in [0.717, 1.165) is 6.04 Å². The first-order valence-corrected chi connectivity index (χ1v) is 8.02. The van der Waals surface area contributed by atoms with Gasteiger partial charge in [0.15, 0.2) is 0 Å². The molecule has 0 aliphatic carbocycles. The molecule has 0 bridgehead atoms. The Kier molecular flexibility index (Phi) is 3.68. The molecule has 3 atom stereocenters. The van der Waals surface area contributed by atoms with Crippen molar-refractivity contribution in [1.29, 1.82) is 0 Å². The third-order valence-electron chi connectivity index (χ3n) is 4.48. The van der Waals surface area contributed by atoms with Crippen LogP contribution < -0.4 is 5.32 Å². The van der Waals surface area contributed by atoms with E-state index in [1.807, 2.05) is 5.51 Å². The number of nitrogens with one attached hydrogen (secondary N) is 1. The largest absolute Gasteiger partial charge is 0.307 e. The van der Waals surface area contributed by atoms with Gasteiger partial charge in [0.05, 0.1) is 11.2 Å². The van der Waals surface area contributed by atoms with Crippen molar-refractivity contribution >= 4 is 11.3 Å². The van der Waals surface area contributed by atoms with Crippen LogP contribution in [0.3, 0.4) is 0 Å². The molecule has 0 amide bonds. The van der Waals surface area contributed by atoms with E-state index in [1.54, 1.807) is 11.3 Å². The SMILES string of the molecule is Cc1ncsc1C(C)NC1CCN2CCCC2C1. The molecule has 2 fully saturated rings. The molecule has 1 N–H and O–H groups in total. The van der Waals surface area contributed by atoms with Gasteiger partial charge in [-0.15, -0.1) is 11.3 Å². The molecule has 0 saturated carbocycles. The summed E-state index contributed by atoms with van der Waals surface area (Å²) in [5.41, 5.74) is 3.15. The lowest BCUT2D eigenvalue weighted by molar-refractivity contribution is 0.162. The van der Waals surface area contributed by atoms with Gasteiger partial charge in [-0.3, -0.25) is 0 Å². The van der Waals surface area contributed by atoms with Crippen molar-refractivity contribution in [3.05, 3.63) is 16.1 Å². The lowest BCUT2D eigenvalue weighted by atomic mass is 9.97. The van der Waals surface area contributed by atoms with Gasteiger partial charge < -0.3 is 10.2 Å². The number of piperidine rings is 1. The molecule has 0 radical (unpaired) electrons. The number of thiazole rings is 1. The maximum absolute atomic E-state index is 4.35. The Morgan fingerprint density at radius 3 is 3.11 bits per heavy atom. The summed E-state index contributed by atoms with van der Waals surface area (Å²) in [7, 11) is 0. The highest BCUT2D eigenvalue weighted by atomic mass is 32.1. The maximum Gasteiger partial charge on any atom is 0.0798 e. The van der Waals surface area contributed by atoms with Crippen molar-refractivity contribution in [2.24, 2.45) is 0 Å². The summed E-state index contributed by atoms with van der Waals surface area (Å²) in [6.45, 7) is 7.02. The van der Waals surface area contributed by atoms with Gasteiger partial charge in [0.1, 0.15) is 0 Å². The summed E-state index contributed by atoms with van der Waals surface area (Å²) in [6, 6.07) is 2.00. The van der Waals surface area contributed by atoms with Crippen LogP contribution in [-0.2, 0) is 0 Å². The highest BCUT2D eigenvalue weighted by molar-refractivity contribution is 7.09. The molecule has 4 heteroatoms. The van der Waals surface area contributed by atoms with Gasteiger partial charge in [0, 0.05) is 23.0 Å². The van der Waals surface area contributed by atoms with Crippen molar-refractivity contribution in [1.82, 2.24) is 15.2 Å². The van der Waals surface area contributed by atoms with E-state index in [4.69, 9.17) is 0 Å². The van der Waals surface area contributed by atoms with Crippen molar-refractivity contribution < 1.29 is 0 Å². The van der Waals surface area contributed by atoms with Gasteiger partial charge in [-0.25, -0.2) is 4.98 Å². The third-order valence-corrected chi connectivity index (χ3v) is 5.60. The van der Waals surface area contributed by atoms with E-state index in [1.165, 1.54) is 49.3 Å². The zero-order valence-corrected chi connectivity index (χ0v) is 12.2. The Morgan fingerprint density at radius 1 is 1.44 bits per heavy atom. The molecule has 100 valence electrons. The normalized spacial score (nSPS) is 30.3. The van der Waals surface area contributed by atoms with E-state index >= 15 is 0 Å². The summed E-state index contributed by atoms with van der Waals surface area (Å²) >= 11 is 1.78. The van der Waals surface area contributed by atoms with Crippen LogP contribution in [0, 0.1) is 6.92 Å². The molecular weight excluding hydrogens is 242 g/mol. The first-order chi connectivity index (χ1) is 8.74. The second-order valence-electron chi connectivity index (χ2n) is 5.74. The second kappa shape index (κ2) is 5.27. The number of hydrogen-bond acceptors (Lipinski definition) is 4. The van der Waals surface area contributed by atoms with E-state index in [0.29, 0.717) is 12.1 Å².